The maximum absolute atomic E-state index is 13.3. The zero-order valence-corrected chi connectivity index (χ0v) is 34.6. The molecule has 0 saturated carbocycles. The number of carboxylic acids is 1. The highest BCUT2D eigenvalue weighted by Gasteiger charge is 2.25. The van der Waals surface area contributed by atoms with Gasteiger partial charge < -0.3 is 26.0 Å². The highest BCUT2D eigenvalue weighted by atomic mass is 16.4. The van der Waals surface area contributed by atoms with E-state index in [0.29, 0.717) is 35.3 Å². The Kier molecular flexibility index (Phi) is 14.0. The molecule has 3 heterocycles. The smallest absolute Gasteiger partial charge is 0.335 e. The van der Waals surface area contributed by atoms with Gasteiger partial charge in [-0.25, -0.2) is 4.79 Å². The van der Waals surface area contributed by atoms with Crippen LogP contribution in [0.1, 0.15) is 81.5 Å². The van der Waals surface area contributed by atoms with Gasteiger partial charge in [-0.3, -0.25) is 24.4 Å². The van der Waals surface area contributed by atoms with E-state index in [0.717, 1.165) is 69.8 Å². The lowest BCUT2D eigenvalue weighted by atomic mass is 9.97. The molecule has 3 amide bonds. The number of aromatic carboxylic acids is 1. The van der Waals surface area contributed by atoms with Crippen LogP contribution in [0.25, 0.3) is 22.3 Å². The van der Waals surface area contributed by atoms with Crippen LogP contribution >= 0.6 is 0 Å². The first-order valence-electron chi connectivity index (χ1n) is 19.9. The molecule has 7 rings (SSSR count). The number of aryl methyl sites for hydroxylation is 4. The molecular formula is C49H50N6O5. The number of nitrogens with zero attached hydrogens (tertiary/aromatic N) is 3. The molecule has 1 saturated heterocycles. The number of rotatable bonds is 11. The fraction of sp³-hybridized carbons (Fsp3) is 0.224. The van der Waals surface area contributed by atoms with Crippen LogP contribution < -0.4 is 16.0 Å². The standard InChI is InChI=1S/C27H30N4O2.C22H20N2O3/c1-18-4-8-21(9-5-18)22-12-23(26(32)30-16-20-7-6-19(2)29-15-20)14-24(13-22)27(33)31(3)25-10-11-28-17-25;1-14-3-7-17(8-4-14)18-9-19(11-20(10-18)22(26)27)21(25)24-13-16-6-5-15(2)23-12-16/h4-9,12-15,25,28H,10-11,16-17H2,1-3H3,(H,30,32);3-12H,13H2,1-2H3,(H,24,25)(H,26,27). The van der Waals surface area contributed by atoms with Crippen LogP contribution in [0.4, 0.5) is 0 Å². The summed E-state index contributed by atoms with van der Waals surface area (Å²) in [6.45, 7) is 10.2. The van der Waals surface area contributed by atoms with E-state index >= 15 is 0 Å². The fourth-order valence-electron chi connectivity index (χ4n) is 6.70. The average Bonchev–Trinajstić information content (AvgIpc) is 3.81. The normalized spacial score (nSPS) is 13.1. The van der Waals surface area contributed by atoms with Crippen LogP contribution in [0.15, 0.2) is 122 Å². The van der Waals surface area contributed by atoms with E-state index < -0.39 is 5.97 Å². The lowest BCUT2D eigenvalue weighted by Gasteiger charge is -2.24. The third-order valence-corrected chi connectivity index (χ3v) is 10.4. The average molecular weight is 803 g/mol. The van der Waals surface area contributed by atoms with Gasteiger partial charge in [-0.2, -0.15) is 0 Å². The quantitative estimate of drug-likeness (QED) is 0.104. The number of pyridine rings is 2. The maximum atomic E-state index is 13.3. The predicted octanol–water partition coefficient (Wildman–Crippen LogP) is 7.72. The number of carbonyl (C=O) groups is 4. The number of nitrogens with one attached hydrogen (secondary N) is 3. The van der Waals surface area contributed by atoms with Crippen molar-refractivity contribution < 1.29 is 24.3 Å². The van der Waals surface area contributed by atoms with Crippen molar-refractivity contribution in [3.8, 4) is 22.3 Å². The van der Waals surface area contributed by atoms with Crippen molar-refractivity contribution in [3.05, 3.63) is 177 Å². The first-order chi connectivity index (χ1) is 28.8. The highest BCUT2D eigenvalue weighted by Crippen LogP contribution is 2.26. The van der Waals surface area contributed by atoms with Crippen molar-refractivity contribution in [3.63, 3.8) is 0 Å². The largest absolute Gasteiger partial charge is 0.478 e. The number of carbonyl (C=O) groups excluding carboxylic acids is 3. The molecule has 60 heavy (non-hydrogen) atoms. The second kappa shape index (κ2) is 19.6. The monoisotopic (exact) mass is 802 g/mol. The summed E-state index contributed by atoms with van der Waals surface area (Å²) in [6, 6.07) is 33.7. The Morgan fingerprint density at radius 3 is 1.48 bits per heavy atom. The number of hydrogen-bond acceptors (Lipinski definition) is 7. The van der Waals surface area contributed by atoms with Gasteiger partial charge >= 0.3 is 5.97 Å². The number of benzene rings is 4. The Hall–Kier alpha value is -6.98. The van der Waals surface area contributed by atoms with E-state index in [9.17, 15) is 24.3 Å². The first-order valence-corrected chi connectivity index (χ1v) is 19.9. The van der Waals surface area contributed by atoms with Gasteiger partial charge in [0.15, 0.2) is 0 Å². The Bertz CT molecular complexity index is 2460. The molecule has 0 bridgehead atoms. The van der Waals surface area contributed by atoms with E-state index in [-0.39, 0.29) is 29.3 Å². The molecule has 1 atom stereocenters. The van der Waals surface area contributed by atoms with Gasteiger partial charge in [-0.1, -0.05) is 71.8 Å². The first kappa shape index (κ1) is 42.6. The van der Waals surface area contributed by atoms with Crippen molar-refractivity contribution in [1.82, 2.24) is 30.8 Å². The van der Waals surface area contributed by atoms with Crippen LogP contribution in [-0.4, -0.2) is 69.8 Å². The number of hydrogen-bond donors (Lipinski definition) is 4. The minimum absolute atomic E-state index is 0.0746. The van der Waals surface area contributed by atoms with Crippen LogP contribution in [0, 0.1) is 27.7 Å². The number of likely N-dealkylation sites (N-methyl/N-ethyl adjacent to an activating group) is 1. The van der Waals surface area contributed by atoms with Crippen molar-refractivity contribution in [2.75, 3.05) is 20.1 Å². The zero-order valence-electron chi connectivity index (χ0n) is 34.6. The summed E-state index contributed by atoms with van der Waals surface area (Å²) < 4.78 is 0. The summed E-state index contributed by atoms with van der Waals surface area (Å²) in [6.07, 6.45) is 4.40. The second-order valence-corrected chi connectivity index (χ2v) is 15.2. The summed E-state index contributed by atoms with van der Waals surface area (Å²) >= 11 is 0. The Labute approximate surface area is 350 Å². The summed E-state index contributed by atoms with van der Waals surface area (Å²) in [4.78, 5) is 60.7. The van der Waals surface area contributed by atoms with E-state index in [1.165, 1.54) is 6.07 Å². The van der Waals surface area contributed by atoms with Crippen molar-refractivity contribution in [1.29, 1.82) is 0 Å². The topological polar surface area (TPSA) is 154 Å². The van der Waals surface area contributed by atoms with Crippen molar-refractivity contribution in [2.24, 2.45) is 0 Å². The summed E-state index contributed by atoms with van der Waals surface area (Å²) in [5, 5.41) is 18.5. The van der Waals surface area contributed by atoms with Crippen molar-refractivity contribution in [2.45, 2.75) is 53.2 Å². The SMILES string of the molecule is Cc1ccc(-c2cc(C(=O)NCc3ccc(C)nc3)cc(C(=O)N(C)C3CCNC3)c2)cc1.Cc1ccc(-c2cc(C(=O)O)cc(C(=O)NCc3ccc(C)nc3)c2)cc1. The highest BCUT2D eigenvalue weighted by molar-refractivity contribution is 6.02. The number of amides is 3. The van der Waals surface area contributed by atoms with Gasteiger partial charge in [0.2, 0.25) is 0 Å². The van der Waals surface area contributed by atoms with E-state index in [1.807, 2.05) is 120 Å². The second-order valence-electron chi connectivity index (χ2n) is 15.2. The molecule has 6 aromatic rings. The summed E-state index contributed by atoms with van der Waals surface area (Å²) in [5.41, 5.74) is 10.6. The molecule has 1 fully saturated rings. The van der Waals surface area contributed by atoms with Crippen molar-refractivity contribution >= 4 is 23.7 Å². The molecule has 4 aromatic carbocycles. The molecule has 1 aliphatic heterocycles. The van der Waals surface area contributed by atoms with Gasteiger partial charge in [0.25, 0.3) is 17.7 Å². The number of aromatic nitrogens is 2. The molecule has 306 valence electrons. The Morgan fingerprint density at radius 1 is 0.617 bits per heavy atom. The molecule has 1 aliphatic rings. The third-order valence-electron chi connectivity index (χ3n) is 10.4. The van der Waals surface area contributed by atoms with Crippen LogP contribution in [0.2, 0.25) is 0 Å². The third kappa shape index (κ3) is 11.4. The van der Waals surface area contributed by atoms with E-state index in [4.69, 9.17) is 0 Å². The summed E-state index contributed by atoms with van der Waals surface area (Å²) in [5.74, 6) is -1.69. The minimum atomic E-state index is -1.07. The molecule has 4 N–H and O–H groups in total. The van der Waals surface area contributed by atoms with E-state index in [2.05, 4.69) is 25.9 Å². The van der Waals surface area contributed by atoms with E-state index in [1.54, 1.807) is 35.5 Å². The van der Waals surface area contributed by atoms with Gasteiger partial charge in [-0.05, 0) is 123 Å². The minimum Gasteiger partial charge on any atom is -0.478 e. The lowest BCUT2D eigenvalue weighted by Crippen LogP contribution is -2.38. The number of carboxylic acid groups (broad SMARTS) is 1. The van der Waals surface area contributed by atoms with Gasteiger partial charge in [0.05, 0.1) is 5.56 Å². The Morgan fingerprint density at radius 2 is 1.07 bits per heavy atom. The molecule has 11 heteroatoms. The predicted molar refractivity (Wildman–Crippen MR) is 234 cm³/mol. The Balaban J connectivity index is 0.000000205. The molecule has 0 radical (unpaired) electrons. The molecule has 0 spiro atoms. The fourth-order valence-corrected chi connectivity index (χ4v) is 6.70. The van der Waals surface area contributed by atoms with Gasteiger partial charge in [0, 0.05) is 73.2 Å². The molecule has 11 nitrogen and oxygen atoms in total. The van der Waals surface area contributed by atoms with Crippen LogP contribution in [0.3, 0.4) is 0 Å². The summed E-state index contributed by atoms with van der Waals surface area (Å²) in [7, 11) is 1.84. The molecular weight excluding hydrogens is 753 g/mol. The van der Waals surface area contributed by atoms with Crippen LogP contribution in [-0.2, 0) is 13.1 Å². The molecule has 1 unspecified atom stereocenters. The lowest BCUT2D eigenvalue weighted by molar-refractivity contribution is 0.0695. The maximum Gasteiger partial charge on any atom is 0.335 e. The molecule has 0 aliphatic carbocycles. The van der Waals surface area contributed by atoms with Crippen LogP contribution in [0.5, 0.6) is 0 Å². The zero-order chi connectivity index (χ0) is 42.8. The van der Waals surface area contributed by atoms with Gasteiger partial charge in [-0.15, -0.1) is 0 Å². The molecule has 2 aromatic heterocycles. The van der Waals surface area contributed by atoms with Gasteiger partial charge in [0.1, 0.15) is 0 Å².